The fraction of sp³-hybridized carbons (Fsp3) is 0.767. The van der Waals surface area contributed by atoms with Crippen LogP contribution in [-0.2, 0) is 23.8 Å². The highest BCUT2D eigenvalue weighted by Crippen LogP contribution is 2.26. The number of carbonyl (C=O) groups excluding carboxylic acids is 2. The van der Waals surface area contributed by atoms with E-state index in [1.807, 2.05) is 60.8 Å². The number of nitrogens with one attached hydrogen (secondary N) is 1. The molecule has 0 radical (unpaired) electrons. The number of hydrogen-bond acceptors (Lipinski definition) is 10. The topological polar surface area (TPSA) is 175 Å². The number of hydrogen-bond donors (Lipinski definition) is 6. The van der Waals surface area contributed by atoms with Crippen LogP contribution in [0.15, 0.2) is 72.9 Å². The maximum absolute atomic E-state index is 13.3. The summed E-state index contributed by atoms with van der Waals surface area (Å²) in [6.07, 6.45) is 49.6. The van der Waals surface area contributed by atoms with E-state index in [9.17, 15) is 35.1 Å². The van der Waals surface area contributed by atoms with Gasteiger partial charge < -0.3 is 45.1 Å². The van der Waals surface area contributed by atoms with Gasteiger partial charge >= 0.3 is 5.97 Å². The van der Waals surface area contributed by atoms with Gasteiger partial charge in [-0.05, 0) is 38.5 Å². The molecule has 410 valence electrons. The second-order valence-corrected chi connectivity index (χ2v) is 19.8. The van der Waals surface area contributed by atoms with Crippen LogP contribution >= 0.6 is 0 Å². The number of amides is 1. The minimum Gasteiger partial charge on any atom is -0.454 e. The standard InChI is InChI=1S/C60H105NO10/c1-4-7-10-13-16-19-22-25-26-27-28-30-33-36-39-42-45-48-55(65)71-58-57(67)56(66)54(49-62)70-60(58)69-50-51(52(63)46-43-40-37-34-32-29-23-20-17-14-11-8-5-2)61-59(68)53(64)47-44-41-38-35-31-24-21-18-15-12-9-6-3/h9,12,15,18,21,24,31,35,38,41,43,46,51-54,56-58,60,62-64,66-67H,4-8,10-11,13-14,16-17,19-20,22-23,25-30,32-34,36-37,39-40,42,44-45,47-50H2,1-3H3,(H,61,68)/b12-9+,18-15+,24-21-,35-31-,41-38+,46-43+. The van der Waals surface area contributed by atoms with Crippen LogP contribution in [0.4, 0.5) is 0 Å². The van der Waals surface area contributed by atoms with Crippen molar-refractivity contribution < 1.29 is 49.3 Å². The third-order valence-electron chi connectivity index (χ3n) is 13.3. The molecule has 0 spiro atoms. The van der Waals surface area contributed by atoms with E-state index in [1.54, 1.807) is 6.08 Å². The lowest BCUT2D eigenvalue weighted by molar-refractivity contribution is -0.305. The Balaban J connectivity index is 2.76. The number of aliphatic hydroxyl groups excluding tert-OH is 5. The van der Waals surface area contributed by atoms with Crippen molar-refractivity contribution >= 4 is 11.9 Å². The number of allylic oxidation sites excluding steroid dienone is 11. The minimum absolute atomic E-state index is 0.116. The van der Waals surface area contributed by atoms with Crippen molar-refractivity contribution in [2.45, 2.75) is 282 Å². The molecule has 0 aromatic rings. The Labute approximate surface area is 432 Å². The quantitative estimate of drug-likeness (QED) is 0.0149. The molecule has 8 atom stereocenters. The van der Waals surface area contributed by atoms with Crippen LogP contribution in [0, 0.1) is 0 Å². The van der Waals surface area contributed by atoms with Gasteiger partial charge in [0.1, 0.15) is 24.4 Å². The summed E-state index contributed by atoms with van der Waals surface area (Å²) in [4.78, 5) is 26.4. The van der Waals surface area contributed by atoms with Crippen molar-refractivity contribution in [1.29, 1.82) is 0 Å². The third-order valence-corrected chi connectivity index (χ3v) is 13.3. The largest absolute Gasteiger partial charge is 0.454 e. The average molecular weight is 1000 g/mol. The molecule has 1 aliphatic heterocycles. The molecule has 1 rings (SSSR count). The Morgan fingerprint density at radius 2 is 1.01 bits per heavy atom. The van der Waals surface area contributed by atoms with E-state index in [2.05, 4.69) is 32.2 Å². The molecule has 1 aliphatic rings. The summed E-state index contributed by atoms with van der Waals surface area (Å²) in [7, 11) is 0. The Bertz CT molecular complexity index is 1430. The van der Waals surface area contributed by atoms with Gasteiger partial charge in [-0.15, -0.1) is 0 Å². The molecule has 0 aromatic heterocycles. The van der Waals surface area contributed by atoms with E-state index < -0.39 is 67.4 Å². The van der Waals surface area contributed by atoms with Crippen molar-refractivity contribution in [3.05, 3.63) is 72.9 Å². The van der Waals surface area contributed by atoms with E-state index in [0.717, 1.165) is 51.4 Å². The maximum atomic E-state index is 13.3. The summed E-state index contributed by atoms with van der Waals surface area (Å²) in [5.74, 6) is -1.27. The first kappa shape index (κ1) is 66.1. The molecule has 0 bridgehead atoms. The third kappa shape index (κ3) is 36.6. The van der Waals surface area contributed by atoms with Gasteiger partial charge in [0.05, 0.1) is 25.4 Å². The van der Waals surface area contributed by atoms with Gasteiger partial charge in [-0.25, -0.2) is 0 Å². The van der Waals surface area contributed by atoms with E-state index in [-0.39, 0.29) is 19.4 Å². The molecule has 1 amide bonds. The van der Waals surface area contributed by atoms with Crippen LogP contribution in [0.3, 0.4) is 0 Å². The molecule has 8 unspecified atom stereocenters. The normalized spacial score (nSPS) is 20.1. The highest BCUT2D eigenvalue weighted by atomic mass is 16.7. The Kier molecular flexibility index (Phi) is 44.8. The van der Waals surface area contributed by atoms with E-state index in [1.165, 1.54) is 135 Å². The molecular formula is C60H105NO10. The van der Waals surface area contributed by atoms with Gasteiger partial charge in [0, 0.05) is 6.42 Å². The zero-order valence-electron chi connectivity index (χ0n) is 45.1. The van der Waals surface area contributed by atoms with E-state index >= 15 is 0 Å². The lowest BCUT2D eigenvalue weighted by atomic mass is 9.99. The molecule has 6 N–H and O–H groups in total. The zero-order chi connectivity index (χ0) is 51.8. The van der Waals surface area contributed by atoms with Gasteiger partial charge in [-0.2, -0.15) is 0 Å². The number of unbranched alkanes of at least 4 members (excludes halogenated alkanes) is 27. The Hall–Kier alpha value is -2.90. The fourth-order valence-electron chi connectivity index (χ4n) is 8.68. The molecule has 0 saturated carbocycles. The molecule has 0 aromatic carbocycles. The zero-order valence-corrected chi connectivity index (χ0v) is 45.1. The number of esters is 1. The van der Waals surface area contributed by atoms with Gasteiger partial charge in [0.2, 0.25) is 5.91 Å². The van der Waals surface area contributed by atoms with Crippen LogP contribution in [0.5, 0.6) is 0 Å². The summed E-state index contributed by atoms with van der Waals surface area (Å²) < 4.78 is 17.5. The summed E-state index contributed by atoms with van der Waals surface area (Å²) in [6.45, 7) is 5.59. The fourth-order valence-corrected chi connectivity index (χ4v) is 8.68. The summed E-state index contributed by atoms with van der Waals surface area (Å²) in [6, 6.07) is -1.06. The predicted molar refractivity (Wildman–Crippen MR) is 292 cm³/mol. The van der Waals surface area contributed by atoms with Crippen molar-refractivity contribution in [3.8, 4) is 0 Å². The number of carbonyl (C=O) groups is 2. The number of rotatable bonds is 47. The van der Waals surface area contributed by atoms with Crippen LogP contribution in [-0.4, -0.2) is 99.6 Å². The summed E-state index contributed by atoms with van der Waals surface area (Å²) in [5, 5.41) is 56.7. The number of ether oxygens (including phenoxy) is 3. The van der Waals surface area contributed by atoms with Gasteiger partial charge in [0.15, 0.2) is 12.4 Å². The van der Waals surface area contributed by atoms with Crippen molar-refractivity contribution in [3.63, 3.8) is 0 Å². The summed E-state index contributed by atoms with van der Waals surface area (Å²) >= 11 is 0. The van der Waals surface area contributed by atoms with E-state index in [0.29, 0.717) is 12.8 Å². The first-order valence-electron chi connectivity index (χ1n) is 28.8. The lowest BCUT2D eigenvalue weighted by Gasteiger charge is -2.41. The van der Waals surface area contributed by atoms with Crippen molar-refractivity contribution in [1.82, 2.24) is 5.32 Å². The molecule has 11 heteroatoms. The van der Waals surface area contributed by atoms with Crippen LogP contribution < -0.4 is 5.32 Å². The van der Waals surface area contributed by atoms with Crippen molar-refractivity contribution in [2.24, 2.45) is 0 Å². The first-order chi connectivity index (χ1) is 34.7. The molecule has 1 saturated heterocycles. The molecule has 1 heterocycles. The molecule has 11 nitrogen and oxygen atoms in total. The first-order valence-corrected chi connectivity index (χ1v) is 28.8. The molecule has 71 heavy (non-hydrogen) atoms. The Morgan fingerprint density at radius 1 is 0.563 bits per heavy atom. The number of aliphatic hydroxyl groups is 5. The Morgan fingerprint density at radius 3 is 1.49 bits per heavy atom. The average Bonchev–Trinajstić information content (AvgIpc) is 3.37. The van der Waals surface area contributed by atoms with Gasteiger partial charge in [-0.1, -0.05) is 261 Å². The second-order valence-electron chi connectivity index (χ2n) is 19.8. The molecule has 0 aliphatic carbocycles. The predicted octanol–water partition coefficient (Wildman–Crippen LogP) is 12.8. The monoisotopic (exact) mass is 1000 g/mol. The van der Waals surface area contributed by atoms with Crippen LogP contribution in [0.2, 0.25) is 0 Å². The van der Waals surface area contributed by atoms with E-state index in [4.69, 9.17) is 14.2 Å². The van der Waals surface area contributed by atoms with Crippen LogP contribution in [0.25, 0.3) is 0 Å². The van der Waals surface area contributed by atoms with Gasteiger partial charge in [0.25, 0.3) is 0 Å². The van der Waals surface area contributed by atoms with Gasteiger partial charge in [-0.3, -0.25) is 9.59 Å². The highest BCUT2D eigenvalue weighted by Gasteiger charge is 2.47. The van der Waals surface area contributed by atoms with Crippen molar-refractivity contribution in [2.75, 3.05) is 13.2 Å². The molecule has 1 fully saturated rings. The molecular weight excluding hydrogens is 895 g/mol. The second kappa shape index (κ2) is 48.1. The summed E-state index contributed by atoms with van der Waals surface area (Å²) in [5.41, 5.74) is 0. The smallest absolute Gasteiger partial charge is 0.306 e. The maximum Gasteiger partial charge on any atom is 0.306 e. The minimum atomic E-state index is -1.63. The van der Waals surface area contributed by atoms with Crippen LogP contribution in [0.1, 0.15) is 233 Å². The lowest BCUT2D eigenvalue weighted by Crippen LogP contribution is -2.61. The highest BCUT2D eigenvalue weighted by molar-refractivity contribution is 5.80. The SMILES string of the molecule is CC/C=C/C=C/C=C\C=C/C=C/CCC(O)C(=O)NC(COC1OC(CO)C(O)C(O)C1OC(=O)CCCCCCCCCCCCCCCCCCC)C(O)/C=C/CCCCCCCCCCCCC.